The van der Waals surface area contributed by atoms with Crippen LogP contribution in [-0.2, 0) is 19.5 Å². The lowest BCUT2D eigenvalue weighted by atomic mass is 10.2. The van der Waals surface area contributed by atoms with Gasteiger partial charge in [0.15, 0.2) is 0 Å². The number of rotatable bonds is 6. The summed E-state index contributed by atoms with van der Waals surface area (Å²) in [5.41, 5.74) is 2.76. The van der Waals surface area contributed by atoms with Gasteiger partial charge in [-0.15, -0.1) is 0 Å². The Bertz CT molecular complexity index is 1020. The topological polar surface area (TPSA) is 82.9 Å². The minimum Gasteiger partial charge on any atom is -0.355 e. The van der Waals surface area contributed by atoms with E-state index in [-0.39, 0.29) is 5.56 Å². The number of H-pyrrole nitrogens is 1. The van der Waals surface area contributed by atoms with E-state index < -0.39 is 0 Å². The van der Waals surface area contributed by atoms with E-state index in [2.05, 4.69) is 43.0 Å². The minimum atomic E-state index is -0.127. The Hall–Kier alpha value is -3.00. The van der Waals surface area contributed by atoms with Crippen LogP contribution in [0.5, 0.6) is 0 Å². The third kappa shape index (κ3) is 4.76. The number of nitrogens with zero attached hydrogens (tertiary/aromatic N) is 6. The van der Waals surface area contributed by atoms with Crippen molar-refractivity contribution in [1.29, 1.82) is 0 Å². The highest BCUT2D eigenvalue weighted by molar-refractivity contribution is 5.56. The highest BCUT2D eigenvalue weighted by Gasteiger charge is 2.17. The van der Waals surface area contributed by atoms with Crippen LogP contribution in [0.1, 0.15) is 31.5 Å². The lowest BCUT2D eigenvalue weighted by Gasteiger charge is -2.22. The summed E-state index contributed by atoms with van der Waals surface area (Å²) in [7, 11) is 0. The van der Waals surface area contributed by atoms with Gasteiger partial charge in [0, 0.05) is 74.5 Å². The van der Waals surface area contributed by atoms with Crippen LogP contribution in [0.25, 0.3) is 11.4 Å². The van der Waals surface area contributed by atoms with Crippen LogP contribution in [0, 0.1) is 0 Å². The molecule has 0 spiro atoms. The number of nitrogens with one attached hydrogen (secondary N) is 1. The molecule has 0 aliphatic carbocycles. The molecule has 3 aromatic rings. The number of hydrogen-bond donors (Lipinski definition) is 1. The van der Waals surface area contributed by atoms with Crippen LogP contribution in [0.15, 0.2) is 41.6 Å². The van der Waals surface area contributed by atoms with Gasteiger partial charge >= 0.3 is 0 Å². The SMILES string of the molecule is CCc1cc(=O)[nH]c(-c2ccc(N3CCCN(Cc4cnn(CC)c4)CC3)nc2)n1. The van der Waals surface area contributed by atoms with Crippen molar-refractivity contribution >= 4 is 5.82 Å². The molecule has 0 saturated carbocycles. The van der Waals surface area contributed by atoms with E-state index in [4.69, 9.17) is 0 Å². The predicted octanol–water partition coefficient (Wildman–Crippen LogP) is 2.32. The van der Waals surface area contributed by atoms with Crippen molar-refractivity contribution < 1.29 is 0 Å². The number of anilines is 1. The molecule has 0 amide bonds. The van der Waals surface area contributed by atoms with Gasteiger partial charge in [-0.05, 0) is 31.9 Å². The van der Waals surface area contributed by atoms with Gasteiger partial charge in [0.2, 0.25) is 0 Å². The number of hydrogen-bond acceptors (Lipinski definition) is 6. The summed E-state index contributed by atoms with van der Waals surface area (Å²) in [6.45, 7) is 9.92. The highest BCUT2D eigenvalue weighted by atomic mass is 16.1. The third-order valence-corrected chi connectivity index (χ3v) is 5.51. The highest BCUT2D eigenvalue weighted by Crippen LogP contribution is 2.19. The fraction of sp³-hybridized carbons (Fsp3) is 0.455. The maximum absolute atomic E-state index is 11.8. The van der Waals surface area contributed by atoms with Crippen LogP contribution in [0.4, 0.5) is 5.82 Å². The van der Waals surface area contributed by atoms with Crippen molar-refractivity contribution in [3.05, 3.63) is 58.4 Å². The summed E-state index contributed by atoms with van der Waals surface area (Å²) < 4.78 is 1.98. The zero-order valence-electron chi connectivity index (χ0n) is 17.7. The first-order valence-electron chi connectivity index (χ1n) is 10.7. The van der Waals surface area contributed by atoms with Crippen LogP contribution >= 0.6 is 0 Å². The molecule has 1 saturated heterocycles. The lowest BCUT2D eigenvalue weighted by Crippen LogP contribution is -2.30. The Morgan fingerprint density at radius 2 is 2.00 bits per heavy atom. The first-order valence-corrected chi connectivity index (χ1v) is 10.7. The molecule has 1 fully saturated rings. The maximum Gasteiger partial charge on any atom is 0.251 e. The molecular formula is C22H29N7O. The van der Waals surface area contributed by atoms with E-state index in [0.29, 0.717) is 5.82 Å². The van der Waals surface area contributed by atoms with Crippen molar-refractivity contribution in [1.82, 2.24) is 29.6 Å². The zero-order valence-corrected chi connectivity index (χ0v) is 17.7. The standard InChI is InChI=1S/C22H29N7O/c1-3-19-12-21(30)26-22(25-19)18-6-7-20(23-14-18)28-9-5-8-27(10-11-28)15-17-13-24-29(4-2)16-17/h6-7,12-14,16H,3-5,8-11,15H2,1-2H3,(H,25,26,30). The Morgan fingerprint density at radius 3 is 2.73 bits per heavy atom. The predicted molar refractivity (Wildman–Crippen MR) is 117 cm³/mol. The number of aromatic amines is 1. The Morgan fingerprint density at radius 1 is 1.10 bits per heavy atom. The van der Waals surface area contributed by atoms with E-state index >= 15 is 0 Å². The Kier molecular flexibility index (Phi) is 6.23. The quantitative estimate of drug-likeness (QED) is 0.675. The second-order valence-electron chi connectivity index (χ2n) is 7.66. The van der Waals surface area contributed by atoms with Crippen molar-refractivity contribution in [2.24, 2.45) is 0 Å². The largest absolute Gasteiger partial charge is 0.355 e. The molecule has 3 aromatic heterocycles. The molecule has 1 N–H and O–H groups in total. The van der Waals surface area contributed by atoms with E-state index in [1.165, 1.54) is 5.56 Å². The van der Waals surface area contributed by atoms with Gasteiger partial charge < -0.3 is 9.88 Å². The number of aromatic nitrogens is 5. The third-order valence-electron chi connectivity index (χ3n) is 5.51. The molecule has 158 valence electrons. The molecule has 8 nitrogen and oxygen atoms in total. The fourth-order valence-electron chi connectivity index (χ4n) is 3.82. The first-order chi connectivity index (χ1) is 14.6. The molecule has 30 heavy (non-hydrogen) atoms. The maximum atomic E-state index is 11.8. The van der Waals surface area contributed by atoms with Crippen LogP contribution in [-0.4, -0.2) is 55.8 Å². The number of pyridine rings is 1. The lowest BCUT2D eigenvalue weighted by molar-refractivity contribution is 0.285. The van der Waals surface area contributed by atoms with Crippen LogP contribution in [0.2, 0.25) is 0 Å². The van der Waals surface area contributed by atoms with E-state index in [1.807, 2.05) is 29.9 Å². The molecular weight excluding hydrogens is 378 g/mol. The van der Waals surface area contributed by atoms with E-state index in [9.17, 15) is 4.79 Å². The average molecular weight is 408 g/mol. The molecule has 4 rings (SSSR count). The molecule has 0 bridgehead atoms. The summed E-state index contributed by atoms with van der Waals surface area (Å²) >= 11 is 0. The van der Waals surface area contributed by atoms with Crippen LogP contribution < -0.4 is 10.5 Å². The van der Waals surface area contributed by atoms with Crippen molar-refractivity contribution in [3.63, 3.8) is 0 Å². The van der Waals surface area contributed by atoms with E-state index in [0.717, 1.165) is 69.2 Å². The molecule has 0 aromatic carbocycles. The number of aryl methyl sites for hydroxylation is 2. The summed E-state index contributed by atoms with van der Waals surface area (Å²) in [5, 5.41) is 4.38. The van der Waals surface area contributed by atoms with Gasteiger partial charge in [-0.1, -0.05) is 6.92 Å². The monoisotopic (exact) mass is 407 g/mol. The second-order valence-corrected chi connectivity index (χ2v) is 7.66. The molecule has 8 heteroatoms. The second kappa shape index (κ2) is 9.21. The van der Waals surface area contributed by atoms with Crippen molar-refractivity contribution in [2.75, 3.05) is 31.1 Å². The minimum absolute atomic E-state index is 0.127. The van der Waals surface area contributed by atoms with Gasteiger partial charge in [-0.3, -0.25) is 14.4 Å². The fourth-order valence-corrected chi connectivity index (χ4v) is 3.82. The zero-order chi connectivity index (χ0) is 20.9. The van der Waals surface area contributed by atoms with Gasteiger partial charge in [-0.25, -0.2) is 9.97 Å². The summed E-state index contributed by atoms with van der Waals surface area (Å²) in [5.74, 6) is 1.54. The molecule has 0 atom stereocenters. The summed E-state index contributed by atoms with van der Waals surface area (Å²) in [6.07, 6.45) is 7.73. The Labute approximate surface area is 176 Å². The normalized spacial score (nSPS) is 15.3. The molecule has 1 aliphatic rings. The molecule has 0 radical (unpaired) electrons. The Balaban J connectivity index is 1.41. The van der Waals surface area contributed by atoms with Crippen molar-refractivity contribution in [2.45, 2.75) is 39.8 Å². The van der Waals surface area contributed by atoms with Gasteiger partial charge in [0.25, 0.3) is 5.56 Å². The summed E-state index contributed by atoms with van der Waals surface area (Å²) in [4.78, 5) is 28.6. The first kappa shape index (κ1) is 20.3. The van der Waals surface area contributed by atoms with Crippen molar-refractivity contribution in [3.8, 4) is 11.4 Å². The summed E-state index contributed by atoms with van der Waals surface area (Å²) in [6, 6.07) is 5.55. The van der Waals surface area contributed by atoms with Gasteiger partial charge in [-0.2, -0.15) is 5.10 Å². The molecule has 0 unspecified atom stereocenters. The molecule has 1 aliphatic heterocycles. The average Bonchev–Trinajstić information content (AvgIpc) is 3.10. The van der Waals surface area contributed by atoms with Gasteiger partial charge in [0.1, 0.15) is 11.6 Å². The molecule has 4 heterocycles. The smallest absolute Gasteiger partial charge is 0.251 e. The van der Waals surface area contributed by atoms with Gasteiger partial charge in [0.05, 0.1) is 6.20 Å². The van der Waals surface area contributed by atoms with E-state index in [1.54, 1.807) is 12.3 Å². The van der Waals surface area contributed by atoms with Crippen LogP contribution in [0.3, 0.4) is 0 Å².